The molecule has 0 atom stereocenters. The Bertz CT molecular complexity index is 986. The molecule has 3 amide bonds. The molecule has 27 heavy (non-hydrogen) atoms. The summed E-state index contributed by atoms with van der Waals surface area (Å²) in [5.41, 5.74) is 7.95. The summed E-state index contributed by atoms with van der Waals surface area (Å²) in [7, 11) is 0. The minimum Gasteiger partial charge on any atom is -0.364 e. The molecule has 0 fully saturated rings. The maximum Gasteiger partial charge on any atom is 0.265 e. The highest BCUT2D eigenvalue weighted by Crippen LogP contribution is 2.35. The fraction of sp³-hybridized carbons (Fsp3) is 0.105. The lowest BCUT2D eigenvalue weighted by atomic mass is 10.1. The Morgan fingerprint density at radius 1 is 1.11 bits per heavy atom. The van der Waals surface area contributed by atoms with Crippen molar-refractivity contribution in [2.75, 3.05) is 10.8 Å². The quantitative estimate of drug-likeness (QED) is 0.799. The number of hydrogen-bond donors (Lipinski definition) is 1. The number of rotatable bonds is 4. The van der Waals surface area contributed by atoms with E-state index in [4.69, 9.17) is 17.3 Å². The topological polar surface area (TPSA) is 83.7 Å². The second-order valence-corrected chi connectivity index (χ2v) is 7.37. The van der Waals surface area contributed by atoms with E-state index in [-0.39, 0.29) is 18.4 Å². The first-order valence-corrected chi connectivity index (χ1v) is 9.53. The summed E-state index contributed by atoms with van der Waals surface area (Å²) in [5.74, 6) is -0.720. The minimum absolute atomic E-state index is 0.0510. The molecule has 4 rings (SSSR count). The number of primary amides is 1. The van der Waals surface area contributed by atoms with Crippen molar-refractivity contribution in [1.29, 1.82) is 0 Å². The van der Waals surface area contributed by atoms with Crippen molar-refractivity contribution in [3.8, 4) is 0 Å². The fourth-order valence-corrected chi connectivity index (χ4v) is 4.31. The highest BCUT2D eigenvalue weighted by molar-refractivity contribution is 8.02. The van der Waals surface area contributed by atoms with Gasteiger partial charge in [0, 0.05) is 16.1 Å². The molecule has 6 nitrogen and oxygen atoms in total. The molecule has 0 unspecified atom stereocenters. The molecule has 8 heteroatoms. The van der Waals surface area contributed by atoms with Gasteiger partial charge in [-0.25, -0.2) is 0 Å². The van der Waals surface area contributed by atoms with Crippen molar-refractivity contribution in [2.45, 2.75) is 6.54 Å². The average molecular weight is 400 g/mol. The normalized spacial score (nSPS) is 16.0. The van der Waals surface area contributed by atoms with Gasteiger partial charge in [0.15, 0.2) is 0 Å². The lowest BCUT2D eigenvalue weighted by molar-refractivity contribution is -0.114. The molecular formula is C19H14ClN3O3S. The number of hydrogen-bond acceptors (Lipinski definition) is 5. The summed E-state index contributed by atoms with van der Waals surface area (Å²) in [6.45, 7) is 0.0510. The largest absolute Gasteiger partial charge is 0.364 e. The molecule has 0 bridgehead atoms. The number of nitrogens with two attached hydrogens (primary N) is 1. The van der Waals surface area contributed by atoms with E-state index in [1.807, 2.05) is 0 Å². The third-order valence-electron chi connectivity index (χ3n) is 4.48. The van der Waals surface area contributed by atoms with Crippen LogP contribution < -0.4 is 10.6 Å². The smallest absolute Gasteiger partial charge is 0.265 e. The van der Waals surface area contributed by atoms with E-state index in [0.717, 1.165) is 0 Å². The number of imide groups is 1. The molecule has 2 aliphatic rings. The number of nitrogens with zero attached hydrogens (tertiary/aromatic N) is 2. The Labute approximate surface area is 164 Å². The average Bonchev–Trinajstić information content (AvgIpc) is 3.22. The van der Waals surface area contributed by atoms with E-state index in [2.05, 4.69) is 0 Å². The highest BCUT2D eigenvalue weighted by atomic mass is 35.5. The van der Waals surface area contributed by atoms with Crippen molar-refractivity contribution >= 4 is 46.8 Å². The van der Waals surface area contributed by atoms with Gasteiger partial charge in [0.2, 0.25) is 0 Å². The maximum absolute atomic E-state index is 12.7. The van der Waals surface area contributed by atoms with Crippen LogP contribution in [-0.4, -0.2) is 28.5 Å². The molecule has 0 radical (unpaired) electrons. The van der Waals surface area contributed by atoms with Crippen LogP contribution in [0.25, 0.3) is 0 Å². The molecule has 2 heterocycles. The second kappa shape index (κ2) is 6.75. The third-order valence-corrected chi connectivity index (χ3v) is 5.51. The molecule has 136 valence electrons. The second-order valence-electron chi connectivity index (χ2n) is 6.11. The number of thioether (sulfide) groups is 1. The standard InChI is InChI=1S/C19H14ClN3O3S/c20-12-5-6-15(23-10-27-9-16(23)17(21)24)11(7-12)8-22-18(25)13-3-1-2-4-14(13)19(22)26/h1-7,9H,8,10H2,(H2,21,24). The van der Waals surface area contributed by atoms with Crippen molar-refractivity contribution in [3.63, 3.8) is 0 Å². The Morgan fingerprint density at radius 3 is 2.41 bits per heavy atom. The third kappa shape index (κ3) is 2.98. The van der Waals surface area contributed by atoms with Crippen molar-refractivity contribution < 1.29 is 14.4 Å². The zero-order valence-corrected chi connectivity index (χ0v) is 15.6. The van der Waals surface area contributed by atoms with Gasteiger partial charge in [-0.3, -0.25) is 19.3 Å². The fourth-order valence-electron chi connectivity index (χ4n) is 3.21. The lowest BCUT2D eigenvalue weighted by Crippen LogP contribution is -2.32. The molecule has 2 N–H and O–H groups in total. The first kappa shape index (κ1) is 17.6. The summed E-state index contributed by atoms with van der Waals surface area (Å²) in [4.78, 5) is 40.0. The lowest BCUT2D eigenvalue weighted by Gasteiger charge is -2.25. The number of carbonyl (C=O) groups is 3. The molecule has 2 aliphatic heterocycles. The van der Waals surface area contributed by atoms with E-state index in [1.54, 1.807) is 52.8 Å². The number of benzene rings is 2. The zero-order valence-electron chi connectivity index (χ0n) is 14.0. The minimum atomic E-state index is -0.540. The number of amides is 3. The van der Waals surface area contributed by atoms with Crippen molar-refractivity contribution in [1.82, 2.24) is 4.90 Å². The van der Waals surface area contributed by atoms with Gasteiger partial charge in [-0.05, 0) is 35.9 Å². The molecule has 0 aliphatic carbocycles. The van der Waals surface area contributed by atoms with Gasteiger partial charge in [0.25, 0.3) is 17.7 Å². The monoisotopic (exact) mass is 399 g/mol. The van der Waals surface area contributed by atoms with Gasteiger partial charge in [0.1, 0.15) is 5.70 Å². The van der Waals surface area contributed by atoms with Gasteiger partial charge in [-0.2, -0.15) is 0 Å². The van der Waals surface area contributed by atoms with Crippen LogP contribution in [0.3, 0.4) is 0 Å². The van der Waals surface area contributed by atoms with Crippen molar-refractivity contribution in [3.05, 3.63) is 75.3 Å². The van der Waals surface area contributed by atoms with E-state index < -0.39 is 5.91 Å². The molecule has 0 saturated heterocycles. The SMILES string of the molecule is NC(=O)C1=CSCN1c1ccc(Cl)cc1CN1C(=O)c2ccccc2C1=O. The van der Waals surface area contributed by atoms with Crippen LogP contribution in [0, 0.1) is 0 Å². The zero-order chi connectivity index (χ0) is 19.1. The predicted octanol–water partition coefficient (Wildman–Crippen LogP) is 2.97. The van der Waals surface area contributed by atoms with E-state index in [0.29, 0.717) is 39.0 Å². The van der Waals surface area contributed by atoms with E-state index in [1.165, 1.54) is 16.7 Å². The first-order valence-electron chi connectivity index (χ1n) is 8.10. The number of halogens is 1. The van der Waals surface area contributed by atoms with Crippen LogP contribution in [0.1, 0.15) is 26.3 Å². The molecule has 2 aromatic rings. The Morgan fingerprint density at radius 2 is 1.78 bits per heavy atom. The molecule has 0 saturated carbocycles. The number of fused-ring (bicyclic) bond motifs is 1. The van der Waals surface area contributed by atoms with Crippen LogP contribution in [0.5, 0.6) is 0 Å². The van der Waals surface area contributed by atoms with E-state index >= 15 is 0 Å². The van der Waals surface area contributed by atoms with Gasteiger partial charge >= 0.3 is 0 Å². The highest BCUT2D eigenvalue weighted by Gasteiger charge is 2.36. The van der Waals surface area contributed by atoms with Crippen LogP contribution in [0.15, 0.2) is 53.6 Å². The van der Waals surface area contributed by atoms with Crippen molar-refractivity contribution in [2.24, 2.45) is 5.73 Å². The van der Waals surface area contributed by atoms with Gasteiger partial charge in [0.05, 0.1) is 23.5 Å². The molecule has 2 aromatic carbocycles. The maximum atomic E-state index is 12.7. The van der Waals surface area contributed by atoms with Gasteiger partial charge in [-0.15, -0.1) is 11.8 Å². The molecular weight excluding hydrogens is 386 g/mol. The van der Waals surface area contributed by atoms with Crippen LogP contribution >= 0.6 is 23.4 Å². The van der Waals surface area contributed by atoms with Gasteiger partial charge < -0.3 is 10.6 Å². The molecule has 0 aromatic heterocycles. The Balaban J connectivity index is 1.71. The number of anilines is 1. The summed E-state index contributed by atoms with van der Waals surface area (Å²) in [6, 6.07) is 11.9. The predicted molar refractivity (Wildman–Crippen MR) is 104 cm³/mol. The van der Waals surface area contributed by atoms with Crippen LogP contribution in [0.4, 0.5) is 5.69 Å². The van der Waals surface area contributed by atoms with E-state index in [9.17, 15) is 14.4 Å². The first-order chi connectivity index (χ1) is 13.0. The summed E-state index contributed by atoms with van der Waals surface area (Å²) in [5, 5.41) is 2.17. The summed E-state index contributed by atoms with van der Waals surface area (Å²) >= 11 is 7.59. The Hall–Kier alpha value is -2.77. The number of carbonyl (C=O) groups excluding carboxylic acids is 3. The molecule has 0 spiro atoms. The van der Waals surface area contributed by atoms with Gasteiger partial charge in [-0.1, -0.05) is 23.7 Å². The van der Waals surface area contributed by atoms with Crippen LogP contribution in [-0.2, 0) is 11.3 Å². The van der Waals surface area contributed by atoms with Crippen LogP contribution in [0.2, 0.25) is 5.02 Å². The summed E-state index contributed by atoms with van der Waals surface area (Å²) in [6.07, 6.45) is 0. The Kier molecular flexibility index (Phi) is 4.41. The summed E-state index contributed by atoms with van der Waals surface area (Å²) < 4.78 is 0.